The molecule has 2 heterocycles. The van der Waals surface area contributed by atoms with Gasteiger partial charge in [0.2, 0.25) is 5.91 Å². The monoisotopic (exact) mass is 304 g/mol. The molecule has 1 saturated carbocycles. The smallest absolute Gasteiger partial charge is 0.229 e. The number of amides is 1. The summed E-state index contributed by atoms with van der Waals surface area (Å²) in [4.78, 5) is 19.4. The molecule has 0 radical (unpaired) electrons. The molecule has 3 nitrogen and oxygen atoms in total. The molecule has 1 amide bonds. The lowest BCUT2D eigenvalue weighted by Gasteiger charge is -2.42. The van der Waals surface area contributed by atoms with Gasteiger partial charge in [0.1, 0.15) is 0 Å². The molecule has 1 saturated heterocycles. The molecule has 1 aromatic rings. The van der Waals surface area contributed by atoms with Crippen LogP contribution in [0.4, 0.5) is 0 Å². The summed E-state index contributed by atoms with van der Waals surface area (Å²) in [6.07, 6.45) is 6.01. The van der Waals surface area contributed by atoms with Crippen LogP contribution in [0.5, 0.6) is 0 Å². The van der Waals surface area contributed by atoms with E-state index in [9.17, 15) is 4.79 Å². The van der Waals surface area contributed by atoms with E-state index in [4.69, 9.17) is 11.6 Å². The molecule has 1 unspecified atom stereocenters. The zero-order valence-corrected chi connectivity index (χ0v) is 13.5. The number of nitrogens with zero attached hydrogens (tertiary/aromatic N) is 2. The Labute approximate surface area is 130 Å². The summed E-state index contributed by atoms with van der Waals surface area (Å²) in [6, 6.07) is 0.201. The second-order valence-electron chi connectivity index (χ2n) is 7.53. The number of likely N-dealkylation sites (tertiary alicyclic amines) is 1. The number of rotatable bonds is 2. The SMILES string of the molecule is C[C@H]1CN(C(=O)C(C)(C)C2CC2)[C@@H]2c3cncc(Cl)c3C21. The molecule has 0 aromatic carbocycles. The van der Waals surface area contributed by atoms with Crippen molar-refractivity contribution in [2.45, 2.75) is 45.6 Å². The Morgan fingerprint density at radius 3 is 2.76 bits per heavy atom. The van der Waals surface area contributed by atoms with E-state index in [1.807, 2.05) is 6.20 Å². The summed E-state index contributed by atoms with van der Waals surface area (Å²) in [7, 11) is 0. The van der Waals surface area contributed by atoms with Crippen LogP contribution < -0.4 is 0 Å². The number of aromatic nitrogens is 1. The number of carbonyl (C=O) groups is 1. The normalized spacial score (nSPS) is 30.7. The molecule has 3 atom stereocenters. The molecule has 1 aromatic heterocycles. The Bertz CT molecular complexity index is 623. The first-order chi connectivity index (χ1) is 9.93. The van der Waals surface area contributed by atoms with Crippen molar-refractivity contribution in [2.24, 2.45) is 17.3 Å². The topological polar surface area (TPSA) is 33.2 Å². The van der Waals surface area contributed by atoms with Gasteiger partial charge in [-0.2, -0.15) is 0 Å². The van der Waals surface area contributed by atoms with Crippen LogP contribution in [0, 0.1) is 17.3 Å². The van der Waals surface area contributed by atoms with Gasteiger partial charge >= 0.3 is 0 Å². The largest absolute Gasteiger partial charge is 0.334 e. The maximum atomic E-state index is 13.1. The highest BCUT2D eigenvalue weighted by atomic mass is 35.5. The predicted octanol–water partition coefficient (Wildman–Crippen LogP) is 3.79. The van der Waals surface area contributed by atoms with Crippen LogP contribution in [-0.4, -0.2) is 22.3 Å². The van der Waals surface area contributed by atoms with E-state index in [0.717, 1.165) is 17.1 Å². The quantitative estimate of drug-likeness (QED) is 0.833. The Hall–Kier alpha value is -1.09. The fraction of sp³-hybridized carbons (Fsp3) is 0.647. The van der Waals surface area contributed by atoms with Gasteiger partial charge in [-0.3, -0.25) is 9.78 Å². The maximum absolute atomic E-state index is 13.1. The molecular formula is C17H21ClN2O. The number of pyridine rings is 1. The van der Waals surface area contributed by atoms with Gasteiger partial charge in [-0.05, 0) is 35.8 Å². The van der Waals surface area contributed by atoms with Crippen molar-refractivity contribution < 1.29 is 4.79 Å². The van der Waals surface area contributed by atoms with Crippen molar-refractivity contribution in [1.29, 1.82) is 0 Å². The second-order valence-corrected chi connectivity index (χ2v) is 7.93. The average molecular weight is 305 g/mol. The fourth-order valence-corrected chi connectivity index (χ4v) is 4.65. The lowest BCUT2D eigenvalue weighted by atomic mass is 9.70. The molecule has 4 heteroatoms. The minimum Gasteiger partial charge on any atom is -0.334 e. The number of hydrogen-bond acceptors (Lipinski definition) is 2. The summed E-state index contributed by atoms with van der Waals surface area (Å²) in [5.74, 6) is 1.75. The van der Waals surface area contributed by atoms with Gasteiger partial charge in [-0.25, -0.2) is 0 Å². The van der Waals surface area contributed by atoms with E-state index < -0.39 is 0 Å². The molecule has 0 bridgehead atoms. The molecule has 0 spiro atoms. The van der Waals surface area contributed by atoms with Crippen molar-refractivity contribution in [3.05, 3.63) is 28.5 Å². The number of hydrogen-bond donors (Lipinski definition) is 0. The Kier molecular flexibility index (Phi) is 2.73. The lowest BCUT2D eigenvalue weighted by Crippen LogP contribution is -2.44. The van der Waals surface area contributed by atoms with Crippen LogP contribution in [0.15, 0.2) is 12.4 Å². The van der Waals surface area contributed by atoms with Gasteiger partial charge in [0.15, 0.2) is 0 Å². The fourth-order valence-electron chi connectivity index (χ4n) is 4.36. The first kappa shape index (κ1) is 13.6. The third-order valence-electron chi connectivity index (χ3n) is 5.81. The van der Waals surface area contributed by atoms with Crippen molar-refractivity contribution in [3.63, 3.8) is 0 Å². The minimum absolute atomic E-state index is 0.201. The third kappa shape index (κ3) is 1.73. The standard InChI is InChI=1S/C17H21ClN2O/c1-9-8-20(16(21)17(2,3)10-4-5-10)15-11-6-19-7-12(18)14(11)13(9)15/h6-7,9-10,13,15H,4-5,8H2,1-3H3/t9-,13?,15+/m0/s1. The number of carbonyl (C=O) groups excluding carboxylic acids is 1. The van der Waals surface area contributed by atoms with Gasteiger partial charge in [-0.15, -0.1) is 0 Å². The van der Waals surface area contributed by atoms with E-state index in [2.05, 4.69) is 30.7 Å². The highest BCUT2D eigenvalue weighted by molar-refractivity contribution is 6.31. The second kappa shape index (κ2) is 4.22. The van der Waals surface area contributed by atoms with Crippen LogP contribution >= 0.6 is 11.6 Å². The van der Waals surface area contributed by atoms with Crippen LogP contribution in [-0.2, 0) is 4.79 Å². The summed E-state index contributed by atoms with van der Waals surface area (Å²) in [5, 5.41) is 0.761. The molecule has 2 fully saturated rings. The molecule has 112 valence electrons. The molecule has 1 aliphatic heterocycles. The van der Waals surface area contributed by atoms with Crippen molar-refractivity contribution >= 4 is 17.5 Å². The molecular weight excluding hydrogens is 284 g/mol. The number of halogens is 1. The third-order valence-corrected chi connectivity index (χ3v) is 6.11. The average Bonchev–Trinajstić information content (AvgIpc) is 3.20. The van der Waals surface area contributed by atoms with E-state index in [0.29, 0.717) is 23.7 Å². The van der Waals surface area contributed by atoms with Gasteiger partial charge in [-0.1, -0.05) is 32.4 Å². The van der Waals surface area contributed by atoms with Crippen LogP contribution in [0.25, 0.3) is 0 Å². The van der Waals surface area contributed by atoms with E-state index in [-0.39, 0.29) is 11.5 Å². The van der Waals surface area contributed by atoms with Gasteiger partial charge in [0.05, 0.1) is 11.1 Å². The maximum Gasteiger partial charge on any atom is 0.229 e. The summed E-state index contributed by atoms with van der Waals surface area (Å²) in [5.41, 5.74) is 2.16. The van der Waals surface area contributed by atoms with Crippen molar-refractivity contribution in [3.8, 4) is 0 Å². The van der Waals surface area contributed by atoms with Gasteiger partial charge < -0.3 is 4.90 Å². The van der Waals surface area contributed by atoms with E-state index in [1.165, 1.54) is 18.4 Å². The summed E-state index contributed by atoms with van der Waals surface area (Å²) >= 11 is 6.31. The minimum atomic E-state index is -0.226. The Morgan fingerprint density at radius 1 is 1.38 bits per heavy atom. The molecule has 0 N–H and O–H groups in total. The van der Waals surface area contributed by atoms with E-state index in [1.54, 1.807) is 6.20 Å². The first-order valence-electron chi connectivity index (χ1n) is 7.87. The molecule has 4 rings (SSSR count). The van der Waals surface area contributed by atoms with E-state index >= 15 is 0 Å². The van der Waals surface area contributed by atoms with Crippen LogP contribution in [0.2, 0.25) is 5.02 Å². The van der Waals surface area contributed by atoms with Gasteiger partial charge in [0.25, 0.3) is 0 Å². The zero-order valence-electron chi connectivity index (χ0n) is 12.8. The summed E-state index contributed by atoms with van der Waals surface area (Å²) in [6.45, 7) is 7.30. The highest BCUT2D eigenvalue weighted by Crippen LogP contribution is 2.60. The lowest BCUT2D eigenvalue weighted by molar-refractivity contribution is -0.143. The van der Waals surface area contributed by atoms with Crippen molar-refractivity contribution in [2.75, 3.05) is 6.54 Å². The van der Waals surface area contributed by atoms with Crippen molar-refractivity contribution in [1.82, 2.24) is 9.88 Å². The highest BCUT2D eigenvalue weighted by Gasteiger charge is 2.56. The number of fused-ring (bicyclic) bond motifs is 4. The Balaban J connectivity index is 1.69. The van der Waals surface area contributed by atoms with Crippen LogP contribution in [0.3, 0.4) is 0 Å². The predicted molar refractivity (Wildman–Crippen MR) is 82.1 cm³/mol. The molecule has 3 aliphatic rings. The summed E-state index contributed by atoms with van der Waals surface area (Å²) < 4.78 is 0. The Morgan fingerprint density at radius 2 is 2.10 bits per heavy atom. The first-order valence-corrected chi connectivity index (χ1v) is 8.25. The van der Waals surface area contributed by atoms with Gasteiger partial charge in [0, 0.05) is 30.3 Å². The van der Waals surface area contributed by atoms with Crippen LogP contribution in [0.1, 0.15) is 56.7 Å². The molecule has 2 aliphatic carbocycles. The zero-order chi connectivity index (χ0) is 14.9. The molecule has 21 heavy (non-hydrogen) atoms.